The van der Waals surface area contributed by atoms with Crippen molar-refractivity contribution in [1.29, 1.82) is 0 Å². The molecule has 8 nitrogen and oxygen atoms in total. The van der Waals surface area contributed by atoms with E-state index >= 15 is 0 Å². The maximum atomic E-state index is 12.8. The Labute approximate surface area is 204 Å². The van der Waals surface area contributed by atoms with Crippen molar-refractivity contribution >= 4 is 34.8 Å². The fourth-order valence-electron chi connectivity index (χ4n) is 3.41. The number of nitrogens with one attached hydrogen (secondary N) is 2. The highest BCUT2D eigenvalue weighted by atomic mass is 16.5. The normalized spacial score (nSPS) is 10.4. The van der Waals surface area contributed by atoms with E-state index in [1.807, 2.05) is 68.4 Å². The van der Waals surface area contributed by atoms with Crippen LogP contribution in [0.2, 0.25) is 0 Å². The molecule has 0 radical (unpaired) electrons. The summed E-state index contributed by atoms with van der Waals surface area (Å²) in [5, 5.41) is 5.78. The Kier molecular flexibility index (Phi) is 8.83. The predicted molar refractivity (Wildman–Crippen MR) is 135 cm³/mol. The molecule has 3 rings (SSSR count). The van der Waals surface area contributed by atoms with E-state index in [-0.39, 0.29) is 18.5 Å². The molecular weight excluding hydrogens is 446 g/mol. The second kappa shape index (κ2) is 12.2. The lowest BCUT2D eigenvalue weighted by Crippen LogP contribution is -2.40. The molecule has 2 N–H and O–H groups in total. The van der Waals surface area contributed by atoms with Gasteiger partial charge in [-0.15, -0.1) is 0 Å². The zero-order valence-corrected chi connectivity index (χ0v) is 20.0. The Morgan fingerprint density at radius 1 is 0.886 bits per heavy atom. The maximum Gasteiger partial charge on any atom is 0.325 e. The lowest BCUT2D eigenvalue weighted by Gasteiger charge is -2.27. The number of carbonyl (C=O) groups excluding carboxylic acids is 3. The first-order chi connectivity index (χ1) is 16.9. The number of nitrogens with zero attached hydrogens (tertiary/aromatic N) is 1. The van der Waals surface area contributed by atoms with Gasteiger partial charge in [0.15, 0.2) is 6.61 Å². The molecule has 0 unspecified atom stereocenters. The van der Waals surface area contributed by atoms with E-state index in [0.29, 0.717) is 17.0 Å². The number of anilines is 3. The van der Waals surface area contributed by atoms with Crippen LogP contribution in [0, 0.1) is 0 Å². The van der Waals surface area contributed by atoms with Crippen molar-refractivity contribution in [2.75, 3.05) is 30.5 Å². The van der Waals surface area contributed by atoms with E-state index in [0.717, 1.165) is 11.4 Å². The third-order valence-corrected chi connectivity index (χ3v) is 5.07. The van der Waals surface area contributed by atoms with Gasteiger partial charge in [-0.25, -0.2) is 0 Å². The van der Waals surface area contributed by atoms with Gasteiger partial charge in [-0.2, -0.15) is 0 Å². The molecule has 182 valence electrons. The number of benzene rings is 3. The van der Waals surface area contributed by atoms with Gasteiger partial charge in [-0.05, 0) is 68.4 Å². The van der Waals surface area contributed by atoms with Crippen molar-refractivity contribution in [2.45, 2.75) is 19.9 Å². The van der Waals surface area contributed by atoms with Crippen LogP contribution in [0.3, 0.4) is 0 Å². The first-order valence-electron chi connectivity index (χ1n) is 11.2. The van der Waals surface area contributed by atoms with E-state index in [1.54, 1.807) is 29.2 Å². The summed E-state index contributed by atoms with van der Waals surface area (Å²) in [6, 6.07) is 23.6. The van der Waals surface area contributed by atoms with Gasteiger partial charge in [0.05, 0.1) is 7.11 Å². The molecule has 0 aliphatic rings. The smallest absolute Gasteiger partial charge is 0.325 e. The molecule has 0 spiro atoms. The summed E-state index contributed by atoms with van der Waals surface area (Å²) < 4.78 is 10.2. The molecule has 0 saturated heterocycles. The highest BCUT2D eigenvalue weighted by Gasteiger charge is 2.21. The molecule has 3 aromatic carbocycles. The summed E-state index contributed by atoms with van der Waals surface area (Å²) in [4.78, 5) is 38.7. The standard InChI is InChI=1S/C27H29N3O5/c1-19(2)30(23-14-12-22(13-15-23)29-21-9-5-4-6-10-21)25(31)18-35-26(32)17-28-27(33)20-8-7-11-24(16-20)34-3/h4-16,19,29H,17-18H2,1-3H3,(H,28,33). The zero-order chi connectivity index (χ0) is 25.2. The van der Waals surface area contributed by atoms with Crippen LogP contribution in [0.1, 0.15) is 24.2 Å². The van der Waals surface area contributed by atoms with Crippen LogP contribution >= 0.6 is 0 Å². The number of carbonyl (C=O) groups is 3. The minimum Gasteiger partial charge on any atom is -0.497 e. The number of hydrogen-bond acceptors (Lipinski definition) is 6. The molecule has 0 bridgehead atoms. The summed E-state index contributed by atoms with van der Waals surface area (Å²) in [7, 11) is 1.50. The number of rotatable bonds is 10. The first-order valence-corrected chi connectivity index (χ1v) is 11.2. The van der Waals surface area contributed by atoms with Gasteiger partial charge in [0, 0.05) is 28.7 Å². The summed E-state index contributed by atoms with van der Waals surface area (Å²) in [6.45, 7) is 2.97. The summed E-state index contributed by atoms with van der Waals surface area (Å²) in [6.07, 6.45) is 0. The summed E-state index contributed by atoms with van der Waals surface area (Å²) in [5.74, 6) is -0.986. The van der Waals surface area contributed by atoms with Gasteiger partial charge in [-0.3, -0.25) is 14.4 Å². The second-order valence-electron chi connectivity index (χ2n) is 7.97. The molecule has 0 aliphatic heterocycles. The molecule has 0 saturated carbocycles. The first kappa shape index (κ1) is 25.3. The quantitative estimate of drug-likeness (QED) is 0.428. The molecule has 8 heteroatoms. The molecule has 3 aromatic rings. The van der Waals surface area contributed by atoms with Gasteiger partial charge in [-0.1, -0.05) is 24.3 Å². The number of ether oxygens (including phenoxy) is 2. The van der Waals surface area contributed by atoms with E-state index in [9.17, 15) is 14.4 Å². The molecule has 35 heavy (non-hydrogen) atoms. The lowest BCUT2D eigenvalue weighted by atomic mass is 10.2. The van der Waals surface area contributed by atoms with Crippen molar-refractivity contribution in [3.05, 3.63) is 84.4 Å². The van der Waals surface area contributed by atoms with E-state index in [4.69, 9.17) is 9.47 Å². The maximum absolute atomic E-state index is 12.8. The Balaban J connectivity index is 1.52. The van der Waals surface area contributed by atoms with E-state index < -0.39 is 18.5 Å². The Morgan fingerprint density at radius 3 is 2.23 bits per heavy atom. The third kappa shape index (κ3) is 7.33. The number of para-hydroxylation sites is 1. The van der Waals surface area contributed by atoms with Crippen LogP contribution < -0.4 is 20.3 Å². The van der Waals surface area contributed by atoms with Gasteiger partial charge >= 0.3 is 5.97 Å². The van der Waals surface area contributed by atoms with Crippen LogP contribution in [-0.4, -0.2) is 44.1 Å². The highest BCUT2D eigenvalue weighted by molar-refractivity contribution is 5.97. The largest absolute Gasteiger partial charge is 0.497 e. The fraction of sp³-hybridized carbons (Fsp3) is 0.222. The van der Waals surface area contributed by atoms with E-state index in [2.05, 4.69) is 10.6 Å². The SMILES string of the molecule is COc1cccc(C(=O)NCC(=O)OCC(=O)N(c2ccc(Nc3ccccc3)cc2)C(C)C)c1. The number of amides is 2. The van der Waals surface area contributed by atoms with Crippen molar-refractivity contribution in [3.63, 3.8) is 0 Å². The molecule has 0 heterocycles. The number of methoxy groups -OCH3 is 1. The molecule has 0 atom stereocenters. The second-order valence-corrected chi connectivity index (χ2v) is 7.97. The van der Waals surface area contributed by atoms with Crippen molar-refractivity contribution in [1.82, 2.24) is 5.32 Å². The van der Waals surface area contributed by atoms with Crippen LogP contribution in [0.5, 0.6) is 5.75 Å². The van der Waals surface area contributed by atoms with Gasteiger partial charge in [0.1, 0.15) is 12.3 Å². The van der Waals surface area contributed by atoms with Crippen LogP contribution in [0.4, 0.5) is 17.1 Å². The summed E-state index contributed by atoms with van der Waals surface area (Å²) in [5.41, 5.74) is 2.88. The Bertz CT molecular complexity index is 1150. The number of esters is 1. The molecular formula is C27H29N3O5. The Hall–Kier alpha value is -4.33. The molecule has 2 amide bonds. The number of hydrogen-bond donors (Lipinski definition) is 2. The third-order valence-electron chi connectivity index (χ3n) is 5.07. The van der Waals surface area contributed by atoms with Gasteiger partial charge < -0.3 is 25.0 Å². The van der Waals surface area contributed by atoms with Crippen LogP contribution in [0.15, 0.2) is 78.9 Å². The Morgan fingerprint density at radius 2 is 1.57 bits per heavy atom. The highest BCUT2D eigenvalue weighted by Crippen LogP contribution is 2.23. The average Bonchev–Trinajstić information content (AvgIpc) is 2.87. The van der Waals surface area contributed by atoms with Gasteiger partial charge in [0.2, 0.25) is 0 Å². The lowest BCUT2D eigenvalue weighted by molar-refractivity contribution is -0.146. The average molecular weight is 476 g/mol. The topological polar surface area (TPSA) is 97.0 Å². The molecule has 0 aromatic heterocycles. The van der Waals surface area contributed by atoms with Gasteiger partial charge in [0.25, 0.3) is 11.8 Å². The zero-order valence-electron chi connectivity index (χ0n) is 20.0. The van der Waals surface area contributed by atoms with E-state index in [1.165, 1.54) is 7.11 Å². The predicted octanol–water partition coefficient (Wildman–Crippen LogP) is 4.15. The summed E-state index contributed by atoms with van der Waals surface area (Å²) >= 11 is 0. The fourth-order valence-corrected chi connectivity index (χ4v) is 3.41. The van der Waals surface area contributed by atoms with Crippen LogP contribution in [0.25, 0.3) is 0 Å². The van der Waals surface area contributed by atoms with Crippen LogP contribution in [-0.2, 0) is 14.3 Å². The monoisotopic (exact) mass is 475 g/mol. The minimum absolute atomic E-state index is 0.151. The molecule has 0 fully saturated rings. The van der Waals surface area contributed by atoms with Crippen molar-refractivity contribution in [3.8, 4) is 5.75 Å². The van der Waals surface area contributed by atoms with Crippen molar-refractivity contribution < 1.29 is 23.9 Å². The molecule has 0 aliphatic carbocycles. The van der Waals surface area contributed by atoms with Crippen molar-refractivity contribution in [2.24, 2.45) is 0 Å². The minimum atomic E-state index is -0.708.